The van der Waals surface area contributed by atoms with Crippen molar-refractivity contribution in [3.63, 3.8) is 0 Å². The van der Waals surface area contributed by atoms with Crippen LogP contribution in [-0.2, 0) is 12.8 Å². The third-order valence-electron chi connectivity index (χ3n) is 4.42. The van der Waals surface area contributed by atoms with E-state index in [0.717, 1.165) is 30.6 Å². The van der Waals surface area contributed by atoms with Gasteiger partial charge in [-0.15, -0.1) is 0 Å². The number of ether oxygens (including phenoxy) is 2. The van der Waals surface area contributed by atoms with Crippen molar-refractivity contribution < 1.29 is 13.9 Å². The molecule has 0 unspecified atom stereocenters. The summed E-state index contributed by atoms with van der Waals surface area (Å²) in [5, 5.41) is 0. The molecule has 0 bridgehead atoms. The van der Waals surface area contributed by atoms with Crippen LogP contribution < -0.4 is 9.47 Å². The fourth-order valence-electron chi connectivity index (χ4n) is 2.85. The Balaban J connectivity index is 1.42. The Hall–Kier alpha value is -2.81. The Kier molecular flexibility index (Phi) is 6.86. The summed E-state index contributed by atoms with van der Waals surface area (Å²) < 4.78 is 25.1. The number of hydrogen-bond donors (Lipinski definition) is 0. The van der Waals surface area contributed by atoms with E-state index in [2.05, 4.69) is 30.3 Å². The second-order valence-corrected chi connectivity index (χ2v) is 6.59. The summed E-state index contributed by atoms with van der Waals surface area (Å²) in [5.41, 5.74) is 3.10. The van der Waals surface area contributed by atoms with Crippen LogP contribution in [0.1, 0.15) is 23.1 Å². The number of halogens is 1. The number of benzene rings is 3. The van der Waals surface area contributed by atoms with Gasteiger partial charge in [-0.25, -0.2) is 4.39 Å². The molecule has 0 aliphatic carbocycles. The van der Waals surface area contributed by atoms with E-state index in [0.29, 0.717) is 24.5 Å². The van der Waals surface area contributed by atoms with E-state index in [1.54, 1.807) is 19.1 Å². The number of aryl methyl sites for hydroxylation is 2. The van der Waals surface area contributed by atoms with Crippen molar-refractivity contribution in [3.05, 3.63) is 95.3 Å². The Morgan fingerprint density at radius 1 is 0.704 bits per heavy atom. The summed E-state index contributed by atoms with van der Waals surface area (Å²) in [6.45, 7) is 2.93. The van der Waals surface area contributed by atoms with Gasteiger partial charge in [0.25, 0.3) is 0 Å². The van der Waals surface area contributed by atoms with Gasteiger partial charge in [0.15, 0.2) is 0 Å². The largest absolute Gasteiger partial charge is 0.494 e. The maximum Gasteiger partial charge on any atom is 0.129 e. The van der Waals surface area contributed by atoms with Crippen molar-refractivity contribution in [1.82, 2.24) is 0 Å². The minimum atomic E-state index is -0.238. The van der Waals surface area contributed by atoms with E-state index in [4.69, 9.17) is 9.47 Å². The fourth-order valence-corrected chi connectivity index (χ4v) is 2.85. The van der Waals surface area contributed by atoms with Gasteiger partial charge in [-0.2, -0.15) is 0 Å². The van der Waals surface area contributed by atoms with E-state index in [-0.39, 0.29) is 5.82 Å². The molecule has 0 aliphatic rings. The minimum absolute atomic E-state index is 0.238. The highest BCUT2D eigenvalue weighted by Crippen LogP contribution is 2.18. The Morgan fingerprint density at radius 2 is 1.44 bits per heavy atom. The molecular formula is C24H25FO2. The first-order valence-electron chi connectivity index (χ1n) is 9.35. The van der Waals surface area contributed by atoms with Crippen molar-refractivity contribution in [2.45, 2.75) is 26.2 Å². The van der Waals surface area contributed by atoms with Gasteiger partial charge in [-0.05, 0) is 54.7 Å². The third-order valence-corrected chi connectivity index (χ3v) is 4.42. The smallest absolute Gasteiger partial charge is 0.129 e. The van der Waals surface area contributed by atoms with Crippen LogP contribution in [0.2, 0.25) is 0 Å². The van der Waals surface area contributed by atoms with E-state index in [1.807, 2.05) is 24.3 Å². The predicted molar refractivity (Wildman–Crippen MR) is 107 cm³/mol. The van der Waals surface area contributed by atoms with Gasteiger partial charge in [0.05, 0.1) is 13.2 Å². The quantitative estimate of drug-likeness (QED) is 0.449. The molecule has 0 fully saturated rings. The molecule has 140 valence electrons. The molecule has 2 nitrogen and oxygen atoms in total. The molecule has 0 amide bonds. The number of hydrogen-bond acceptors (Lipinski definition) is 2. The molecule has 0 saturated heterocycles. The van der Waals surface area contributed by atoms with Crippen molar-refractivity contribution >= 4 is 0 Å². The molecule has 0 atom stereocenters. The van der Waals surface area contributed by atoms with Crippen LogP contribution in [0.15, 0.2) is 72.8 Å². The van der Waals surface area contributed by atoms with Crippen LogP contribution in [0.5, 0.6) is 11.5 Å². The first kappa shape index (κ1) is 19.0. The molecule has 0 aromatic heterocycles. The van der Waals surface area contributed by atoms with Crippen molar-refractivity contribution in [3.8, 4) is 11.5 Å². The van der Waals surface area contributed by atoms with E-state index in [9.17, 15) is 4.39 Å². The molecular weight excluding hydrogens is 339 g/mol. The average molecular weight is 364 g/mol. The Bertz CT molecular complexity index is 846. The van der Waals surface area contributed by atoms with Crippen molar-refractivity contribution in [1.29, 1.82) is 0 Å². The molecule has 0 N–H and O–H groups in total. The average Bonchev–Trinajstić information content (AvgIpc) is 2.69. The normalized spacial score (nSPS) is 10.6. The van der Waals surface area contributed by atoms with Crippen LogP contribution >= 0.6 is 0 Å². The molecule has 0 spiro atoms. The van der Waals surface area contributed by atoms with Crippen LogP contribution in [0.3, 0.4) is 0 Å². The van der Waals surface area contributed by atoms with E-state index < -0.39 is 0 Å². The second kappa shape index (κ2) is 9.77. The summed E-state index contributed by atoms with van der Waals surface area (Å²) in [6, 6.07) is 23.5. The molecule has 3 rings (SSSR count). The van der Waals surface area contributed by atoms with Crippen LogP contribution in [-0.4, -0.2) is 13.2 Å². The molecule has 0 heterocycles. The summed E-state index contributed by atoms with van der Waals surface area (Å²) >= 11 is 0. The lowest BCUT2D eigenvalue weighted by atomic mass is 10.1. The minimum Gasteiger partial charge on any atom is -0.494 e. The van der Waals surface area contributed by atoms with Gasteiger partial charge in [-0.1, -0.05) is 48.5 Å². The van der Waals surface area contributed by atoms with Gasteiger partial charge < -0.3 is 9.47 Å². The molecule has 3 aromatic carbocycles. The molecule has 3 heteroatoms. The monoisotopic (exact) mass is 364 g/mol. The Morgan fingerprint density at radius 3 is 2.26 bits per heavy atom. The maximum atomic E-state index is 13.5. The lowest BCUT2D eigenvalue weighted by Gasteiger charge is -2.10. The standard InChI is InChI=1S/C24H25FO2/c1-19-12-13-23(18-24(19)25)27-16-14-21-9-5-11-22(17-21)26-15-6-10-20-7-3-2-4-8-20/h2-5,7-9,11-13,17-18H,6,10,14-16H2,1H3. The lowest BCUT2D eigenvalue weighted by Crippen LogP contribution is -2.03. The van der Waals surface area contributed by atoms with E-state index >= 15 is 0 Å². The molecule has 27 heavy (non-hydrogen) atoms. The molecule has 0 aliphatic heterocycles. The van der Waals surface area contributed by atoms with Gasteiger partial charge in [0.1, 0.15) is 17.3 Å². The zero-order chi connectivity index (χ0) is 18.9. The Labute approximate surface area is 160 Å². The van der Waals surface area contributed by atoms with Crippen LogP contribution in [0, 0.1) is 12.7 Å². The van der Waals surface area contributed by atoms with Gasteiger partial charge in [-0.3, -0.25) is 0 Å². The van der Waals surface area contributed by atoms with Gasteiger partial charge in [0, 0.05) is 12.5 Å². The summed E-state index contributed by atoms with van der Waals surface area (Å²) in [6.07, 6.45) is 2.74. The van der Waals surface area contributed by atoms with Crippen LogP contribution in [0.25, 0.3) is 0 Å². The van der Waals surface area contributed by atoms with Gasteiger partial charge >= 0.3 is 0 Å². The van der Waals surface area contributed by atoms with E-state index in [1.165, 1.54) is 11.6 Å². The lowest BCUT2D eigenvalue weighted by molar-refractivity contribution is 0.308. The highest BCUT2D eigenvalue weighted by atomic mass is 19.1. The topological polar surface area (TPSA) is 18.5 Å². The third kappa shape index (κ3) is 6.14. The maximum absolute atomic E-state index is 13.5. The summed E-state index contributed by atoms with van der Waals surface area (Å²) in [7, 11) is 0. The molecule has 0 saturated carbocycles. The zero-order valence-electron chi connectivity index (χ0n) is 15.7. The first-order valence-corrected chi connectivity index (χ1v) is 9.35. The number of rotatable bonds is 9. The van der Waals surface area contributed by atoms with Crippen LogP contribution in [0.4, 0.5) is 4.39 Å². The predicted octanol–water partition coefficient (Wildman–Crippen LogP) is 5.77. The van der Waals surface area contributed by atoms with Gasteiger partial charge in [0.2, 0.25) is 0 Å². The van der Waals surface area contributed by atoms with Crippen molar-refractivity contribution in [2.75, 3.05) is 13.2 Å². The molecule has 3 aromatic rings. The SMILES string of the molecule is Cc1ccc(OCCc2cccc(OCCCc3ccccc3)c2)cc1F. The zero-order valence-corrected chi connectivity index (χ0v) is 15.7. The summed E-state index contributed by atoms with van der Waals surface area (Å²) in [5.74, 6) is 1.20. The fraction of sp³-hybridized carbons (Fsp3) is 0.250. The van der Waals surface area contributed by atoms with Crippen molar-refractivity contribution in [2.24, 2.45) is 0 Å². The molecule has 0 radical (unpaired) electrons. The highest BCUT2D eigenvalue weighted by molar-refractivity contribution is 5.30. The summed E-state index contributed by atoms with van der Waals surface area (Å²) in [4.78, 5) is 0. The highest BCUT2D eigenvalue weighted by Gasteiger charge is 2.02. The first-order chi connectivity index (χ1) is 13.2. The second-order valence-electron chi connectivity index (χ2n) is 6.59.